The summed E-state index contributed by atoms with van der Waals surface area (Å²) in [5, 5.41) is 4.07. The summed E-state index contributed by atoms with van der Waals surface area (Å²) in [6, 6.07) is 3.41. The molecule has 23 heavy (non-hydrogen) atoms. The number of amides is 1. The Kier molecular flexibility index (Phi) is 4.07. The summed E-state index contributed by atoms with van der Waals surface area (Å²) in [5.74, 6) is 0.488. The Hall–Kier alpha value is -2.37. The molecule has 0 aromatic carbocycles. The molecule has 1 atom stereocenters. The predicted molar refractivity (Wildman–Crippen MR) is 85.4 cm³/mol. The topological polar surface area (TPSA) is 79.2 Å². The van der Waals surface area contributed by atoms with Crippen LogP contribution in [0.3, 0.4) is 0 Å². The van der Waals surface area contributed by atoms with E-state index in [9.17, 15) is 9.59 Å². The van der Waals surface area contributed by atoms with E-state index in [0.29, 0.717) is 6.54 Å². The van der Waals surface area contributed by atoms with E-state index in [1.54, 1.807) is 11.0 Å². The highest BCUT2D eigenvalue weighted by Crippen LogP contribution is 2.31. The third kappa shape index (κ3) is 2.93. The van der Waals surface area contributed by atoms with Crippen LogP contribution in [0.1, 0.15) is 58.4 Å². The van der Waals surface area contributed by atoms with Gasteiger partial charge in [0.25, 0.3) is 11.5 Å². The molecular weight excluding hydrogens is 294 g/mol. The molecular formula is C17H21N3O3. The predicted octanol–water partition coefficient (Wildman–Crippen LogP) is 2.66. The number of piperidine rings is 1. The van der Waals surface area contributed by atoms with Crippen LogP contribution < -0.4 is 5.56 Å². The van der Waals surface area contributed by atoms with Crippen molar-refractivity contribution in [1.29, 1.82) is 0 Å². The lowest BCUT2D eigenvalue weighted by atomic mass is 9.98. The van der Waals surface area contributed by atoms with Crippen LogP contribution in [-0.2, 0) is 0 Å². The van der Waals surface area contributed by atoms with Gasteiger partial charge in [0, 0.05) is 18.3 Å². The van der Waals surface area contributed by atoms with Crippen molar-refractivity contribution in [2.75, 3.05) is 6.54 Å². The van der Waals surface area contributed by atoms with Crippen molar-refractivity contribution in [3.05, 3.63) is 50.8 Å². The Morgan fingerprint density at radius 1 is 1.30 bits per heavy atom. The number of pyridine rings is 1. The Morgan fingerprint density at radius 3 is 2.78 bits per heavy atom. The number of hydrogen-bond donors (Lipinski definition) is 1. The lowest BCUT2D eigenvalue weighted by Crippen LogP contribution is -2.41. The van der Waals surface area contributed by atoms with Gasteiger partial charge in [0.15, 0.2) is 0 Å². The molecule has 0 radical (unpaired) electrons. The van der Waals surface area contributed by atoms with E-state index < -0.39 is 0 Å². The van der Waals surface area contributed by atoms with Crippen LogP contribution in [0.25, 0.3) is 0 Å². The monoisotopic (exact) mass is 315 g/mol. The molecule has 2 aromatic heterocycles. The fraction of sp³-hybridized carbons (Fsp3) is 0.471. The van der Waals surface area contributed by atoms with Crippen molar-refractivity contribution in [3.63, 3.8) is 0 Å². The fourth-order valence-electron chi connectivity index (χ4n) is 3.06. The first-order chi connectivity index (χ1) is 11.0. The van der Waals surface area contributed by atoms with Crippen LogP contribution in [0.5, 0.6) is 0 Å². The largest absolute Gasteiger partial charge is 0.361 e. The van der Waals surface area contributed by atoms with Crippen molar-refractivity contribution in [2.45, 2.75) is 46.1 Å². The lowest BCUT2D eigenvalue weighted by molar-refractivity contribution is 0.0600. The Morgan fingerprint density at radius 2 is 2.09 bits per heavy atom. The van der Waals surface area contributed by atoms with Crippen LogP contribution in [0, 0.1) is 20.8 Å². The standard InChI is InChI=1S/C17H21N3O3/c1-10-8-13(16(21)18-12(10)3)17(22)20-7-5-4-6-15(20)14-9-11(2)23-19-14/h8-9,15H,4-7H2,1-3H3,(H,18,21)/t15-/m0/s1. The molecule has 1 N–H and O–H groups in total. The van der Waals surface area contributed by atoms with E-state index in [1.165, 1.54) is 0 Å². The normalized spacial score (nSPS) is 18.2. The molecule has 1 amide bonds. The van der Waals surface area contributed by atoms with Gasteiger partial charge in [-0.15, -0.1) is 0 Å². The molecule has 6 nitrogen and oxygen atoms in total. The van der Waals surface area contributed by atoms with Gasteiger partial charge in [-0.1, -0.05) is 5.16 Å². The second-order valence-corrected chi connectivity index (χ2v) is 6.19. The SMILES string of the molecule is Cc1cc([C@@H]2CCCCN2C(=O)c2cc(C)c(C)[nH]c2=O)no1. The van der Waals surface area contributed by atoms with Crippen LogP contribution in [0.15, 0.2) is 21.5 Å². The minimum absolute atomic E-state index is 0.130. The van der Waals surface area contributed by atoms with E-state index in [-0.39, 0.29) is 23.1 Å². The third-order valence-corrected chi connectivity index (χ3v) is 4.48. The smallest absolute Gasteiger partial charge is 0.261 e. The summed E-state index contributed by atoms with van der Waals surface area (Å²) in [7, 11) is 0. The van der Waals surface area contributed by atoms with Crippen LogP contribution in [0.4, 0.5) is 0 Å². The number of nitrogens with zero attached hydrogens (tertiary/aromatic N) is 2. The van der Waals surface area contributed by atoms with Gasteiger partial charge < -0.3 is 14.4 Å². The van der Waals surface area contributed by atoms with Gasteiger partial charge >= 0.3 is 0 Å². The second kappa shape index (κ2) is 6.02. The summed E-state index contributed by atoms with van der Waals surface area (Å²) in [4.78, 5) is 29.6. The molecule has 3 rings (SSSR count). The second-order valence-electron chi connectivity index (χ2n) is 6.19. The molecule has 1 fully saturated rings. The molecule has 3 heterocycles. The molecule has 1 aliphatic heterocycles. The van der Waals surface area contributed by atoms with E-state index in [4.69, 9.17) is 4.52 Å². The summed E-state index contributed by atoms with van der Waals surface area (Å²) in [6.45, 7) is 6.17. The number of carbonyl (C=O) groups is 1. The van der Waals surface area contributed by atoms with Crippen molar-refractivity contribution in [3.8, 4) is 0 Å². The van der Waals surface area contributed by atoms with E-state index >= 15 is 0 Å². The molecule has 6 heteroatoms. The highest BCUT2D eigenvalue weighted by atomic mass is 16.5. The van der Waals surface area contributed by atoms with Gasteiger partial charge in [0.2, 0.25) is 0 Å². The fourth-order valence-corrected chi connectivity index (χ4v) is 3.06. The van der Waals surface area contributed by atoms with E-state index in [0.717, 1.165) is 42.0 Å². The molecule has 0 aliphatic carbocycles. The van der Waals surface area contributed by atoms with Gasteiger partial charge in [-0.3, -0.25) is 9.59 Å². The van der Waals surface area contributed by atoms with Gasteiger partial charge in [-0.2, -0.15) is 0 Å². The molecule has 0 spiro atoms. The summed E-state index contributed by atoms with van der Waals surface area (Å²) in [5.41, 5.74) is 2.31. The highest BCUT2D eigenvalue weighted by Gasteiger charge is 2.32. The first kappa shape index (κ1) is 15.5. The van der Waals surface area contributed by atoms with E-state index in [1.807, 2.05) is 26.8 Å². The number of aryl methyl sites for hydroxylation is 3. The number of H-pyrrole nitrogens is 1. The number of aromatic amines is 1. The van der Waals surface area contributed by atoms with Gasteiger partial charge in [0.05, 0.1) is 6.04 Å². The quantitative estimate of drug-likeness (QED) is 0.924. The molecule has 1 saturated heterocycles. The average Bonchev–Trinajstić information content (AvgIpc) is 2.96. The number of likely N-dealkylation sites (tertiary alicyclic amines) is 1. The maximum absolute atomic E-state index is 12.9. The lowest BCUT2D eigenvalue weighted by Gasteiger charge is -2.34. The number of carbonyl (C=O) groups excluding carboxylic acids is 1. The molecule has 0 saturated carbocycles. The molecule has 0 bridgehead atoms. The minimum atomic E-state index is -0.334. The van der Waals surface area contributed by atoms with Crippen molar-refractivity contribution < 1.29 is 9.32 Å². The van der Waals surface area contributed by atoms with Gasteiger partial charge in [0.1, 0.15) is 17.0 Å². The van der Waals surface area contributed by atoms with Crippen molar-refractivity contribution in [1.82, 2.24) is 15.0 Å². The molecule has 2 aromatic rings. The molecule has 122 valence electrons. The van der Waals surface area contributed by atoms with Crippen molar-refractivity contribution in [2.24, 2.45) is 0 Å². The van der Waals surface area contributed by atoms with E-state index in [2.05, 4.69) is 10.1 Å². The zero-order valence-electron chi connectivity index (χ0n) is 13.7. The zero-order valence-corrected chi connectivity index (χ0v) is 13.7. The first-order valence-electron chi connectivity index (χ1n) is 7.92. The summed E-state index contributed by atoms with van der Waals surface area (Å²) < 4.78 is 5.15. The number of rotatable bonds is 2. The Labute approximate surface area is 134 Å². The van der Waals surface area contributed by atoms with Crippen LogP contribution in [-0.4, -0.2) is 27.5 Å². The van der Waals surface area contributed by atoms with Crippen LogP contribution >= 0.6 is 0 Å². The molecule has 1 aliphatic rings. The summed E-state index contributed by atoms with van der Waals surface area (Å²) >= 11 is 0. The minimum Gasteiger partial charge on any atom is -0.361 e. The first-order valence-corrected chi connectivity index (χ1v) is 7.92. The number of aromatic nitrogens is 2. The average molecular weight is 315 g/mol. The Balaban J connectivity index is 1.96. The maximum Gasteiger partial charge on any atom is 0.261 e. The van der Waals surface area contributed by atoms with Crippen molar-refractivity contribution >= 4 is 5.91 Å². The van der Waals surface area contributed by atoms with Crippen LogP contribution in [0.2, 0.25) is 0 Å². The Bertz CT molecular complexity index is 791. The third-order valence-electron chi connectivity index (χ3n) is 4.48. The highest BCUT2D eigenvalue weighted by molar-refractivity contribution is 5.94. The zero-order chi connectivity index (χ0) is 16.6. The maximum atomic E-state index is 12.9. The number of nitrogens with one attached hydrogen (secondary N) is 1. The van der Waals surface area contributed by atoms with Gasteiger partial charge in [-0.05, 0) is 51.7 Å². The van der Waals surface area contributed by atoms with Gasteiger partial charge in [-0.25, -0.2) is 0 Å². The summed E-state index contributed by atoms with van der Waals surface area (Å²) in [6.07, 6.45) is 2.80. The number of hydrogen-bond acceptors (Lipinski definition) is 4. The molecule has 0 unspecified atom stereocenters.